The Labute approximate surface area is 108 Å². The van der Waals surface area contributed by atoms with Crippen LogP contribution in [0, 0.1) is 0 Å². The molecule has 2 unspecified atom stereocenters. The second-order valence-electron chi connectivity index (χ2n) is 4.63. The molecule has 1 aromatic rings. The van der Waals surface area contributed by atoms with Crippen LogP contribution in [0.25, 0.3) is 0 Å². The van der Waals surface area contributed by atoms with Crippen LogP contribution in [0.2, 0.25) is 0 Å². The molecule has 2 rings (SSSR count). The molecule has 1 saturated heterocycles. The second kappa shape index (κ2) is 4.84. The van der Waals surface area contributed by atoms with Crippen LogP contribution in [0.1, 0.15) is 19.7 Å². The van der Waals surface area contributed by atoms with Crippen LogP contribution in [0.3, 0.4) is 0 Å². The van der Waals surface area contributed by atoms with Crippen LogP contribution in [0.5, 0.6) is 0 Å². The van der Waals surface area contributed by atoms with E-state index in [-0.39, 0.29) is 23.8 Å². The van der Waals surface area contributed by atoms with Gasteiger partial charge in [-0.15, -0.1) is 0 Å². The number of nitrogen functional groups attached to an aromatic ring is 1. The number of nitrogens with zero attached hydrogens (tertiary/aromatic N) is 3. The topological polar surface area (TPSA) is 64.3 Å². The molecule has 0 spiro atoms. The highest BCUT2D eigenvalue weighted by Crippen LogP contribution is 2.29. The van der Waals surface area contributed by atoms with E-state index >= 15 is 0 Å². The van der Waals surface area contributed by atoms with Gasteiger partial charge in [0.05, 0.1) is 12.2 Å². The van der Waals surface area contributed by atoms with E-state index in [9.17, 15) is 13.2 Å². The Balaban J connectivity index is 2.31. The molecule has 5 nitrogen and oxygen atoms in total. The first kappa shape index (κ1) is 13.9. The van der Waals surface area contributed by atoms with E-state index in [1.54, 1.807) is 4.90 Å². The summed E-state index contributed by atoms with van der Waals surface area (Å²) in [6.45, 7) is 4.66. The second-order valence-corrected chi connectivity index (χ2v) is 4.63. The molecule has 0 saturated carbocycles. The molecule has 1 fully saturated rings. The van der Waals surface area contributed by atoms with Crippen LogP contribution < -0.4 is 10.6 Å². The maximum absolute atomic E-state index is 12.6. The third-order valence-electron chi connectivity index (χ3n) is 2.73. The lowest BCUT2D eigenvalue weighted by atomic mass is 10.2. The van der Waals surface area contributed by atoms with Crippen molar-refractivity contribution in [1.82, 2.24) is 9.97 Å². The highest BCUT2D eigenvalue weighted by atomic mass is 19.4. The predicted molar refractivity (Wildman–Crippen MR) is 63.7 cm³/mol. The number of alkyl halides is 3. The molecule has 2 atom stereocenters. The fourth-order valence-corrected chi connectivity index (χ4v) is 2.11. The van der Waals surface area contributed by atoms with Crippen molar-refractivity contribution in [3.8, 4) is 0 Å². The highest BCUT2D eigenvalue weighted by molar-refractivity contribution is 5.47. The van der Waals surface area contributed by atoms with E-state index in [4.69, 9.17) is 10.5 Å². The van der Waals surface area contributed by atoms with Gasteiger partial charge in [0.25, 0.3) is 0 Å². The van der Waals surface area contributed by atoms with E-state index in [1.165, 1.54) is 6.07 Å². The van der Waals surface area contributed by atoms with Crippen molar-refractivity contribution in [3.63, 3.8) is 0 Å². The van der Waals surface area contributed by atoms with Gasteiger partial charge in [-0.2, -0.15) is 13.2 Å². The van der Waals surface area contributed by atoms with Crippen LogP contribution in [0.15, 0.2) is 6.07 Å². The summed E-state index contributed by atoms with van der Waals surface area (Å²) < 4.78 is 43.5. The zero-order chi connectivity index (χ0) is 14.2. The Hall–Kier alpha value is -1.57. The van der Waals surface area contributed by atoms with Gasteiger partial charge >= 0.3 is 6.18 Å². The third kappa shape index (κ3) is 3.25. The summed E-state index contributed by atoms with van der Waals surface area (Å²) in [6, 6.07) is 1.35. The molecule has 0 aromatic carbocycles. The first-order valence-electron chi connectivity index (χ1n) is 5.88. The lowest BCUT2D eigenvalue weighted by Gasteiger charge is -2.36. The van der Waals surface area contributed by atoms with Crippen molar-refractivity contribution < 1.29 is 17.9 Å². The minimum Gasteiger partial charge on any atom is -0.384 e. The Morgan fingerprint density at radius 3 is 2.37 bits per heavy atom. The third-order valence-corrected chi connectivity index (χ3v) is 2.73. The molecule has 0 aliphatic carbocycles. The smallest absolute Gasteiger partial charge is 0.384 e. The van der Waals surface area contributed by atoms with Gasteiger partial charge in [0, 0.05) is 19.2 Å². The summed E-state index contributed by atoms with van der Waals surface area (Å²) in [5, 5.41) is 0. The lowest BCUT2D eigenvalue weighted by molar-refractivity contribution is -0.144. The van der Waals surface area contributed by atoms with Gasteiger partial charge in [0.15, 0.2) is 0 Å². The Bertz CT molecular complexity index is 456. The zero-order valence-corrected chi connectivity index (χ0v) is 10.6. The quantitative estimate of drug-likeness (QED) is 0.845. The Morgan fingerprint density at radius 2 is 1.84 bits per heavy atom. The van der Waals surface area contributed by atoms with Gasteiger partial charge in [-0.05, 0) is 13.8 Å². The predicted octanol–water partition coefficient (Wildman–Crippen LogP) is 1.69. The Kier molecular flexibility index (Phi) is 3.53. The van der Waals surface area contributed by atoms with Gasteiger partial charge in [-0.25, -0.2) is 9.97 Å². The van der Waals surface area contributed by atoms with E-state index in [0.29, 0.717) is 13.1 Å². The number of ether oxygens (including phenoxy) is 1. The molecule has 2 heterocycles. The molecule has 8 heteroatoms. The number of anilines is 2. The first-order valence-corrected chi connectivity index (χ1v) is 5.88. The maximum atomic E-state index is 12.6. The van der Waals surface area contributed by atoms with Crippen molar-refractivity contribution in [2.24, 2.45) is 0 Å². The highest BCUT2D eigenvalue weighted by Gasteiger charge is 2.36. The number of halogens is 3. The molecule has 1 aromatic heterocycles. The molecule has 0 radical (unpaired) electrons. The van der Waals surface area contributed by atoms with Crippen molar-refractivity contribution >= 4 is 11.6 Å². The van der Waals surface area contributed by atoms with E-state index in [1.807, 2.05) is 13.8 Å². The number of hydrogen-bond donors (Lipinski definition) is 1. The molecular formula is C11H15F3N4O. The molecule has 2 N–H and O–H groups in total. The normalized spacial score (nSPS) is 24.6. The lowest BCUT2D eigenvalue weighted by Crippen LogP contribution is -2.46. The Morgan fingerprint density at radius 1 is 1.26 bits per heavy atom. The number of aromatic nitrogens is 2. The minimum absolute atomic E-state index is 0.0747. The summed E-state index contributed by atoms with van der Waals surface area (Å²) in [7, 11) is 0. The molecule has 0 amide bonds. The van der Waals surface area contributed by atoms with Crippen molar-refractivity contribution in [2.75, 3.05) is 23.7 Å². The van der Waals surface area contributed by atoms with Gasteiger partial charge in [0.1, 0.15) is 11.6 Å². The summed E-state index contributed by atoms with van der Waals surface area (Å²) >= 11 is 0. The van der Waals surface area contributed by atoms with Crippen LogP contribution in [0.4, 0.5) is 24.8 Å². The average molecular weight is 276 g/mol. The maximum Gasteiger partial charge on any atom is 0.451 e. The number of rotatable bonds is 1. The molecule has 106 valence electrons. The van der Waals surface area contributed by atoms with Gasteiger partial charge in [-0.1, -0.05) is 0 Å². The van der Waals surface area contributed by atoms with E-state index in [0.717, 1.165) is 0 Å². The SMILES string of the molecule is CC1CN(c2cc(N)nc(C(F)(F)F)n2)CC(C)O1. The van der Waals surface area contributed by atoms with E-state index < -0.39 is 12.0 Å². The molecule has 1 aliphatic heterocycles. The summed E-state index contributed by atoms with van der Waals surface area (Å²) in [6.07, 6.45) is -4.75. The number of hydrogen-bond acceptors (Lipinski definition) is 5. The molecular weight excluding hydrogens is 261 g/mol. The monoisotopic (exact) mass is 276 g/mol. The molecule has 1 aliphatic rings. The van der Waals surface area contributed by atoms with Gasteiger partial charge < -0.3 is 15.4 Å². The molecule has 19 heavy (non-hydrogen) atoms. The summed E-state index contributed by atoms with van der Waals surface area (Å²) in [4.78, 5) is 8.50. The zero-order valence-electron chi connectivity index (χ0n) is 10.6. The first-order chi connectivity index (χ1) is 8.75. The number of morpholine rings is 1. The van der Waals surface area contributed by atoms with Crippen LogP contribution in [-0.4, -0.2) is 35.3 Å². The fourth-order valence-electron chi connectivity index (χ4n) is 2.11. The van der Waals surface area contributed by atoms with Gasteiger partial charge in [-0.3, -0.25) is 0 Å². The average Bonchev–Trinajstić information content (AvgIpc) is 2.25. The van der Waals surface area contributed by atoms with Crippen molar-refractivity contribution in [2.45, 2.75) is 32.2 Å². The summed E-state index contributed by atoms with van der Waals surface area (Å²) in [5.41, 5.74) is 5.42. The van der Waals surface area contributed by atoms with Crippen molar-refractivity contribution in [1.29, 1.82) is 0 Å². The molecule has 0 bridgehead atoms. The largest absolute Gasteiger partial charge is 0.451 e. The minimum atomic E-state index is -4.60. The van der Waals surface area contributed by atoms with E-state index in [2.05, 4.69) is 9.97 Å². The standard InChI is InChI=1S/C11H15F3N4O/c1-6-4-18(5-7(2)19-6)9-3-8(15)16-10(17-9)11(12,13)14/h3,6-7H,4-5H2,1-2H3,(H2,15,16,17). The van der Waals surface area contributed by atoms with Crippen LogP contribution in [-0.2, 0) is 10.9 Å². The van der Waals surface area contributed by atoms with Crippen LogP contribution >= 0.6 is 0 Å². The van der Waals surface area contributed by atoms with Gasteiger partial charge in [0.2, 0.25) is 5.82 Å². The van der Waals surface area contributed by atoms with Crippen molar-refractivity contribution in [3.05, 3.63) is 11.9 Å². The number of nitrogens with two attached hydrogens (primary N) is 1. The fraction of sp³-hybridized carbons (Fsp3) is 0.636. The summed E-state index contributed by atoms with van der Waals surface area (Å²) in [5.74, 6) is -1.22.